The number of nitrogens with zero attached hydrogens (tertiary/aromatic N) is 2. The zero-order valence-electron chi connectivity index (χ0n) is 13.1. The summed E-state index contributed by atoms with van der Waals surface area (Å²) in [7, 11) is 0. The highest BCUT2D eigenvalue weighted by Crippen LogP contribution is 2.37. The molecule has 0 atom stereocenters. The lowest BCUT2D eigenvalue weighted by Crippen LogP contribution is -2.66. The Labute approximate surface area is 124 Å². The van der Waals surface area contributed by atoms with Crippen molar-refractivity contribution in [2.45, 2.75) is 39.9 Å². The quantitative estimate of drug-likeness (QED) is 0.826. The highest BCUT2D eigenvalue weighted by Gasteiger charge is 2.50. The number of carbonyl (C=O) groups excluding carboxylic acids is 1. The van der Waals surface area contributed by atoms with Crippen LogP contribution in [0.2, 0.25) is 0 Å². The van der Waals surface area contributed by atoms with Crippen molar-refractivity contribution in [3.8, 4) is 0 Å². The maximum absolute atomic E-state index is 12.3. The fraction of sp³-hybridized carbons (Fsp3) is 0.733. The predicted molar refractivity (Wildman–Crippen MR) is 74.7 cm³/mol. The lowest BCUT2D eigenvalue weighted by atomic mass is 9.80. The Morgan fingerprint density at radius 3 is 2.38 bits per heavy atom. The van der Waals surface area contributed by atoms with Crippen molar-refractivity contribution in [2.75, 3.05) is 26.3 Å². The number of hydrogen-bond acceptors (Lipinski definition) is 5. The summed E-state index contributed by atoms with van der Waals surface area (Å²) in [5.74, 6) is 0.328. The van der Waals surface area contributed by atoms with E-state index in [9.17, 15) is 4.79 Å². The molecule has 2 aliphatic heterocycles. The van der Waals surface area contributed by atoms with E-state index < -0.39 is 5.79 Å². The average molecular weight is 294 g/mol. The summed E-state index contributed by atoms with van der Waals surface area (Å²) in [5.41, 5.74) is 1.67. The van der Waals surface area contributed by atoms with Gasteiger partial charge in [0.05, 0.1) is 30.7 Å². The molecule has 0 saturated carbocycles. The summed E-state index contributed by atoms with van der Waals surface area (Å²) in [4.78, 5) is 14.2. The number of carbonyl (C=O) groups is 1. The van der Waals surface area contributed by atoms with Crippen LogP contribution in [-0.4, -0.2) is 48.1 Å². The largest absolute Gasteiger partial charge is 0.361 e. The molecule has 3 heterocycles. The van der Waals surface area contributed by atoms with Crippen molar-refractivity contribution < 1.29 is 18.8 Å². The first kappa shape index (κ1) is 14.5. The fourth-order valence-electron chi connectivity index (χ4n) is 2.88. The van der Waals surface area contributed by atoms with Gasteiger partial charge in [0.25, 0.3) is 0 Å². The molecule has 0 aliphatic carbocycles. The van der Waals surface area contributed by atoms with Crippen LogP contribution in [0.5, 0.6) is 0 Å². The van der Waals surface area contributed by atoms with Crippen LogP contribution in [-0.2, 0) is 20.7 Å². The Hall–Kier alpha value is -1.40. The van der Waals surface area contributed by atoms with Gasteiger partial charge in [-0.25, -0.2) is 0 Å². The van der Waals surface area contributed by atoms with Crippen LogP contribution in [0.4, 0.5) is 0 Å². The third kappa shape index (κ3) is 2.70. The predicted octanol–water partition coefficient (Wildman–Crippen LogP) is 1.45. The Kier molecular flexibility index (Phi) is 3.33. The van der Waals surface area contributed by atoms with Gasteiger partial charge in [-0.15, -0.1) is 0 Å². The molecule has 0 N–H and O–H groups in total. The number of aromatic nitrogens is 1. The summed E-state index contributed by atoms with van der Waals surface area (Å²) in [6, 6.07) is 0. The molecule has 3 rings (SSSR count). The van der Waals surface area contributed by atoms with Crippen LogP contribution >= 0.6 is 0 Å². The summed E-state index contributed by atoms with van der Waals surface area (Å²) in [5, 5.41) is 3.89. The number of ether oxygens (including phenoxy) is 2. The van der Waals surface area contributed by atoms with E-state index in [0.29, 0.717) is 32.7 Å². The lowest BCUT2D eigenvalue weighted by molar-refractivity contribution is -0.302. The number of amides is 1. The topological polar surface area (TPSA) is 64.8 Å². The summed E-state index contributed by atoms with van der Waals surface area (Å²) in [6.45, 7) is 10.2. The molecule has 6 nitrogen and oxygen atoms in total. The van der Waals surface area contributed by atoms with E-state index in [2.05, 4.69) is 5.16 Å². The first-order valence-electron chi connectivity index (χ1n) is 7.28. The maximum Gasteiger partial charge on any atom is 0.227 e. The number of hydrogen-bond donors (Lipinski definition) is 0. The molecule has 1 spiro atoms. The van der Waals surface area contributed by atoms with Gasteiger partial charge in [0.15, 0.2) is 5.79 Å². The Bertz CT molecular complexity index is 527. The zero-order valence-corrected chi connectivity index (χ0v) is 13.1. The van der Waals surface area contributed by atoms with Gasteiger partial charge in [0, 0.05) is 18.7 Å². The van der Waals surface area contributed by atoms with Crippen molar-refractivity contribution in [1.29, 1.82) is 0 Å². The third-order valence-electron chi connectivity index (χ3n) is 4.37. The van der Waals surface area contributed by atoms with E-state index in [1.807, 2.05) is 32.6 Å². The highest BCUT2D eigenvalue weighted by atomic mass is 16.7. The maximum atomic E-state index is 12.3. The Morgan fingerprint density at radius 1 is 1.24 bits per heavy atom. The van der Waals surface area contributed by atoms with Crippen LogP contribution in [0.1, 0.15) is 30.9 Å². The second-order valence-corrected chi connectivity index (χ2v) is 6.71. The van der Waals surface area contributed by atoms with Gasteiger partial charge in [0.1, 0.15) is 5.76 Å². The van der Waals surface area contributed by atoms with Crippen LogP contribution in [0, 0.1) is 19.3 Å². The van der Waals surface area contributed by atoms with Gasteiger partial charge in [-0.1, -0.05) is 5.16 Å². The molecule has 6 heteroatoms. The Morgan fingerprint density at radius 2 is 1.86 bits per heavy atom. The van der Waals surface area contributed by atoms with Crippen molar-refractivity contribution in [3.05, 3.63) is 17.0 Å². The molecule has 2 fully saturated rings. The first-order chi connectivity index (χ1) is 9.80. The number of likely N-dealkylation sites (tertiary alicyclic amines) is 1. The molecule has 1 amide bonds. The van der Waals surface area contributed by atoms with Crippen molar-refractivity contribution in [2.24, 2.45) is 5.41 Å². The minimum atomic E-state index is -0.508. The van der Waals surface area contributed by atoms with Gasteiger partial charge < -0.3 is 18.9 Å². The van der Waals surface area contributed by atoms with E-state index in [4.69, 9.17) is 14.0 Å². The van der Waals surface area contributed by atoms with Crippen LogP contribution in [0.3, 0.4) is 0 Å². The smallest absolute Gasteiger partial charge is 0.227 e. The minimum Gasteiger partial charge on any atom is -0.361 e. The van der Waals surface area contributed by atoms with Crippen molar-refractivity contribution in [1.82, 2.24) is 10.1 Å². The normalized spacial score (nSPS) is 23.1. The zero-order chi connectivity index (χ0) is 15.3. The number of rotatable bonds is 2. The molecule has 0 aromatic carbocycles. The molecule has 116 valence electrons. The average Bonchev–Trinajstić information content (AvgIpc) is 2.68. The summed E-state index contributed by atoms with van der Waals surface area (Å²) >= 11 is 0. The molecule has 1 aromatic rings. The highest BCUT2D eigenvalue weighted by molar-refractivity contribution is 5.80. The molecule has 1 aromatic heterocycles. The SMILES string of the molecule is Cc1noc(C)c1CC(=O)N1CC2(COC(C)(C)OC2)C1. The van der Waals surface area contributed by atoms with Gasteiger partial charge in [0.2, 0.25) is 5.91 Å². The van der Waals surface area contributed by atoms with Crippen molar-refractivity contribution >= 4 is 5.91 Å². The summed E-state index contributed by atoms with van der Waals surface area (Å²) < 4.78 is 16.5. The van der Waals surface area contributed by atoms with Crippen LogP contribution < -0.4 is 0 Å². The molecule has 2 saturated heterocycles. The molecule has 21 heavy (non-hydrogen) atoms. The molecule has 2 aliphatic rings. The van der Waals surface area contributed by atoms with Gasteiger partial charge in [-0.3, -0.25) is 4.79 Å². The monoisotopic (exact) mass is 294 g/mol. The van der Waals surface area contributed by atoms with Crippen molar-refractivity contribution in [3.63, 3.8) is 0 Å². The van der Waals surface area contributed by atoms with Gasteiger partial charge in [-0.05, 0) is 27.7 Å². The molecule has 0 bridgehead atoms. The van der Waals surface area contributed by atoms with Gasteiger partial charge >= 0.3 is 0 Å². The van der Waals surface area contributed by atoms with Gasteiger partial charge in [-0.2, -0.15) is 0 Å². The van der Waals surface area contributed by atoms with E-state index in [-0.39, 0.29) is 11.3 Å². The minimum absolute atomic E-state index is 0.0239. The molecule has 0 unspecified atom stereocenters. The van der Waals surface area contributed by atoms with E-state index in [1.165, 1.54) is 0 Å². The van der Waals surface area contributed by atoms with E-state index in [0.717, 1.165) is 17.0 Å². The van der Waals surface area contributed by atoms with Crippen LogP contribution in [0.25, 0.3) is 0 Å². The fourth-order valence-corrected chi connectivity index (χ4v) is 2.88. The van der Waals surface area contributed by atoms with E-state index in [1.54, 1.807) is 0 Å². The molecule has 0 radical (unpaired) electrons. The Balaban J connectivity index is 1.56. The number of aryl methyl sites for hydroxylation is 2. The third-order valence-corrected chi connectivity index (χ3v) is 4.37. The molecular weight excluding hydrogens is 272 g/mol. The standard InChI is InChI=1S/C15H22N2O4/c1-10-12(11(2)21-16-10)5-13(18)17-6-15(7-17)8-19-14(3,4)20-9-15/h5-9H2,1-4H3. The summed E-state index contributed by atoms with van der Waals surface area (Å²) in [6.07, 6.45) is 0.352. The van der Waals surface area contributed by atoms with Crippen LogP contribution in [0.15, 0.2) is 4.52 Å². The second kappa shape index (κ2) is 4.81. The second-order valence-electron chi connectivity index (χ2n) is 6.71. The lowest BCUT2D eigenvalue weighted by Gasteiger charge is -2.54. The first-order valence-corrected chi connectivity index (χ1v) is 7.28. The van der Waals surface area contributed by atoms with E-state index >= 15 is 0 Å². The molecular formula is C15H22N2O4.